The predicted molar refractivity (Wildman–Crippen MR) is 83.5 cm³/mol. The summed E-state index contributed by atoms with van der Waals surface area (Å²) in [5, 5.41) is 3.08. The van der Waals surface area contributed by atoms with Crippen molar-refractivity contribution in [1.29, 1.82) is 0 Å². The lowest BCUT2D eigenvalue weighted by Crippen LogP contribution is -2.38. The van der Waals surface area contributed by atoms with Crippen molar-refractivity contribution in [1.82, 2.24) is 10.0 Å². The van der Waals surface area contributed by atoms with Gasteiger partial charge in [-0.1, -0.05) is 12.5 Å². The number of nitrogens with one attached hydrogen (secondary N) is 2. The van der Waals surface area contributed by atoms with Crippen LogP contribution in [0.15, 0.2) is 23.1 Å². The molecule has 0 saturated heterocycles. The van der Waals surface area contributed by atoms with Gasteiger partial charge < -0.3 is 5.32 Å². The van der Waals surface area contributed by atoms with E-state index in [4.69, 9.17) is 0 Å². The maximum absolute atomic E-state index is 12.6. The molecule has 5 heteroatoms. The molecule has 0 aromatic heterocycles. The van der Waals surface area contributed by atoms with Gasteiger partial charge in [0.05, 0.1) is 4.90 Å². The van der Waals surface area contributed by atoms with Crippen molar-refractivity contribution in [2.24, 2.45) is 11.8 Å². The highest BCUT2D eigenvalue weighted by molar-refractivity contribution is 7.89. The van der Waals surface area contributed by atoms with Crippen molar-refractivity contribution < 1.29 is 8.42 Å². The van der Waals surface area contributed by atoms with E-state index in [2.05, 4.69) is 10.0 Å². The van der Waals surface area contributed by atoms with E-state index in [9.17, 15) is 8.42 Å². The molecule has 0 heterocycles. The van der Waals surface area contributed by atoms with Crippen LogP contribution in [0.3, 0.4) is 0 Å². The van der Waals surface area contributed by atoms with Gasteiger partial charge in [-0.25, -0.2) is 13.1 Å². The molecule has 0 aliphatic heterocycles. The van der Waals surface area contributed by atoms with Crippen LogP contribution in [-0.4, -0.2) is 21.5 Å². The molecule has 2 aliphatic rings. The first kappa shape index (κ1) is 15.0. The fraction of sp³-hybridized carbons (Fsp3) is 0.625. The average molecular weight is 308 g/mol. The second-order valence-electron chi connectivity index (χ2n) is 6.52. The van der Waals surface area contributed by atoms with E-state index in [1.165, 1.54) is 19.3 Å². The molecule has 0 radical (unpaired) electrons. The van der Waals surface area contributed by atoms with Gasteiger partial charge in [0.15, 0.2) is 0 Å². The van der Waals surface area contributed by atoms with Crippen LogP contribution >= 0.6 is 0 Å². The van der Waals surface area contributed by atoms with Gasteiger partial charge in [-0.15, -0.1) is 0 Å². The standard InChI is InChI=1S/C16H24N2O2S/c1-11-3-6-15(9-14(11)10-17-2)21(19,20)18-16-8-12-4-5-13(16)7-12/h3,6,9,12-13,16-18H,4-5,7-8,10H2,1-2H3. The Labute approximate surface area is 127 Å². The van der Waals surface area contributed by atoms with Crippen LogP contribution in [0, 0.1) is 18.8 Å². The van der Waals surface area contributed by atoms with Crippen LogP contribution in [0.25, 0.3) is 0 Å². The fourth-order valence-electron chi connectivity index (χ4n) is 3.85. The normalized spacial score (nSPS) is 28.2. The minimum Gasteiger partial charge on any atom is -0.316 e. The van der Waals surface area contributed by atoms with Gasteiger partial charge in [-0.2, -0.15) is 0 Å². The lowest BCUT2D eigenvalue weighted by Gasteiger charge is -2.23. The summed E-state index contributed by atoms with van der Waals surface area (Å²) >= 11 is 0. The minimum atomic E-state index is -3.40. The molecule has 116 valence electrons. The Kier molecular flexibility index (Phi) is 4.08. The van der Waals surface area contributed by atoms with Gasteiger partial charge in [0.25, 0.3) is 0 Å². The average Bonchev–Trinajstić information content (AvgIpc) is 3.03. The van der Waals surface area contributed by atoms with Crippen molar-refractivity contribution >= 4 is 10.0 Å². The molecule has 0 spiro atoms. The van der Waals surface area contributed by atoms with E-state index in [0.717, 1.165) is 23.5 Å². The highest BCUT2D eigenvalue weighted by atomic mass is 32.2. The van der Waals surface area contributed by atoms with Crippen LogP contribution in [0.4, 0.5) is 0 Å². The molecule has 1 aromatic carbocycles. The highest BCUT2D eigenvalue weighted by Gasteiger charge is 2.41. The minimum absolute atomic E-state index is 0.141. The molecule has 3 unspecified atom stereocenters. The molecular weight excluding hydrogens is 284 g/mol. The number of rotatable bonds is 5. The van der Waals surface area contributed by atoms with E-state index < -0.39 is 10.0 Å². The second kappa shape index (κ2) is 5.71. The third kappa shape index (κ3) is 3.00. The molecule has 2 saturated carbocycles. The first-order valence-electron chi connectivity index (χ1n) is 7.76. The molecule has 2 N–H and O–H groups in total. The Bertz CT molecular complexity index is 627. The Morgan fingerprint density at radius 2 is 2.05 bits per heavy atom. The lowest BCUT2D eigenvalue weighted by atomic mass is 9.96. The molecule has 0 amide bonds. The summed E-state index contributed by atoms with van der Waals surface area (Å²) in [5.74, 6) is 1.28. The topological polar surface area (TPSA) is 58.2 Å². The zero-order chi connectivity index (χ0) is 15.0. The van der Waals surface area contributed by atoms with Crippen molar-refractivity contribution in [2.75, 3.05) is 7.05 Å². The third-order valence-electron chi connectivity index (χ3n) is 5.04. The van der Waals surface area contributed by atoms with E-state index in [0.29, 0.717) is 17.4 Å². The van der Waals surface area contributed by atoms with Crippen LogP contribution in [0.2, 0.25) is 0 Å². The molecule has 2 aliphatic carbocycles. The molecular formula is C16H24N2O2S. The lowest BCUT2D eigenvalue weighted by molar-refractivity contribution is 0.390. The maximum Gasteiger partial charge on any atom is 0.240 e. The summed E-state index contributed by atoms with van der Waals surface area (Å²) in [7, 11) is -1.53. The van der Waals surface area contributed by atoms with Crippen molar-refractivity contribution in [3.8, 4) is 0 Å². The van der Waals surface area contributed by atoms with E-state index >= 15 is 0 Å². The van der Waals surface area contributed by atoms with Gasteiger partial charge in [-0.3, -0.25) is 0 Å². The Morgan fingerprint density at radius 3 is 2.67 bits per heavy atom. The summed E-state index contributed by atoms with van der Waals surface area (Å²) in [4.78, 5) is 0.390. The molecule has 21 heavy (non-hydrogen) atoms. The van der Waals surface area contributed by atoms with Crippen molar-refractivity contribution in [3.63, 3.8) is 0 Å². The number of benzene rings is 1. The van der Waals surface area contributed by atoms with Crippen LogP contribution in [0.1, 0.15) is 36.8 Å². The molecule has 3 atom stereocenters. The smallest absolute Gasteiger partial charge is 0.240 e. The van der Waals surface area contributed by atoms with Gasteiger partial charge >= 0.3 is 0 Å². The molecule has 3 rings (SSSR count). The Hall–Kier alpha value is -0.910. The predicted octanol–water partition coefficient (Wildman–Crippen LogP) is 2.18. The van der Waals surface area contributed by atoms with E-state index in [-0.39, 0.29) is 6.04 Å². The van der Waals surface area contributed by atoms with Crippen molar-refractivity contribution in [2.45, 2.75) is 50.1 Å². The Balaban J connectivity index is 1.80. The summed E-state index contributed by atoms with van der Waals surface area (Å²) < 4.78 is 28.1. The fourth-order valence-corrected chi connectivity index (χ4v) is 5.22. The van der Waals surface area contributed by atoms with Crippen LogP contribution in [-0.2, 0) is 16.6 Å². The van der Waals surface area contributed by atoms with Crippen molar-refractivity contribution in [3.05, 3.63) is 29.3 Å². The maximum atomic E-state index is 12.6. The first-order chi connectivity index (χ1) is 9.99. The largest absolute Gasteiger partial charge is 0.316 e. The van der Waals surface area contributed by atoms with E-state index in [1.807, 2.05) is 20.0 Å². The zero-order valence-corrected chi connectivity index (χ0v) is 13.5. The highest BCUT2D eigenvalue weighted by Crippen LogP contribution is 2.44. The monoisotopic (exact) mass is 308 g/mol. The molecule has 2 fully saturated rings. The van der Waals surface area contributed by atoms with Gasteiger partial charge in [-0.05, 0) is 68.3 Å². The molecule has 4 nitrogen and oxygen atoms in total. The zero-order valence-electron chi connectivity index (χ0n) is 12.7. The summed E-state index contributed by atoms with van der Waals surface area (Å²) in [6, 6.07) is 5.54. The van der Waals surface area contributed by atoms with Crippen LogP contribution in [0.5, 0.6) is 0 Å². The summed E-state index contributed by atoms with van der Waals surface area (Å²) in [6.45, 7) is 2.69. The number of hydrogen-bond acceptors (Lipinski definition) is 3. The third-order valence-corrected chi connectivity index (χ3v) is 6.53. The first-order valence-corrected chi connectivity index (χ1v) is 9.24. The van der Waals surface area contributed by atoms with Crippen LogP contribution < -0.4 is 10.0 Å². The number of fused-ring (bicyclic) bond motifs is 2. The molecule has 2 bridgehead atoms. The number of hydrogen-bond donors (Lipinski definition) is 2. The number of aryl methyl sites for hydroxylation is 1. The van der Waals surface area contributed by atoms with E-state index in [1.54, 1.807) is 12.1 Å². The summed E-state index contributed by atoms with van der Waals surface area (Å²) in [6.07, 6.45) is 4.67. The second-order valence-corrected chi connectivity index (χ2v) is 8.24. The molecule has 1 aromatic rings. The van der Waals surface area contributed by atoms with Gasteiger partial charge in [0, 0.05) is 12.6 Å². The number of sulfonamides is 1. The Morgan fingerprint density at radius 1 is 1.24 bits per heavy atom. The van der Waals surface area contributed by atoms with Gasteiger partial charge in [0.2, 0.25) is 10.0 Å². The van der Waals surface area contributed by atoms with Gasteiger partial charge in [0.1, 0.15) is 0 Å². The summed E-state index contributed by atoms with van der Waals surface area (Å²) in [5.41, 5.74) is 2.15. The quantitative estimate of drug-likeness (QED) is 0.876. The SMILES string of the molecule is CNCc1cc(S(=O)(=O)NC2CC3CCC2C3)ccc1C.